The summed E-state index contributed by atoms with van der Waals surface area (Å²) in [5.41, 5.74) is 1.15. The van der Waals surface area contributed by atoms with Crippen LogP contribution >= 0.6 is 11.6 Å². The molecule has 1 fully saturated rings. The fourth-order valence-electron chi connectivity index (χ4n) is 2.13. The summed E-state index contributed by atoms with van der Waals surface area (Å²) in [6.45, 7) is 2.21. The second-order valence-electron chi connectivity index (χ2n) is 4.37. The Morgan fingerprint density at radius 2 is 2.06 bits per heavy atom. The highest BCUT2D eigenvalue weighted by Gasteiger charge is 2.11. The second-order valence-corrected chi connectivity index (χ2v) is 4.81. The number of halogens is 1. The summed E-state index contributed by atoms with van der Waals surface area (Å²) in [4.78, 5) is 0. The van der Waals surface area contributed by atoms with Crippen molar-refractivity contribution in [1.82, 2.24) is 5.32 Å². The van der Waals surface area contributed by atoms with Crippen molar-refractivity contribution in [3.63, 3.8) is 0 Å². The lowest BCUT2D eigenvalue weighted by Crippen LogP contribution is -2.35. The predicted molar refractivity (Wildman–Crippen MR) is 70.2 cm³/mol. The fourth-order valence-corrected chi connectivity index (χ4v) is 2.25. The average Bonchev–Trinajstić information content (AvgIpc) is 2.33. The molecule has 1 atom stereocenters. The van der Waals surface area contributed by atoms with Crippen LogP contribution in [0.1, 0.15) is 25.7 Å². The van der Waals surface area contributed by atoms with E-state index in [4.69, 9.17) is 11.6 Å². The molecule has 0 bridgehead atoms. The predicted octanol–water partition coefficient (Wildman–Crippen LogP) is 3.28. The Morgan fingerprint density at radius 3 is 2.75 bits per heavy atom. The third kappa shape index (κ3) is 3.69. The van der Waals surface area contributed by atoms with Gasteiger partial charge in [-0.2, -0.15) is 0 Å². The zero-order valence-electron chi connectivity index (χ0n) is 9.51. The maximum Gasteiger partial charge on any atom is 0.0407 e. The molecular formula is C13H19ClN2. The van der Waals surface area contributed by atoms with Gasteiger partial charge in [0.25, 0.3) is 0 Å². The molecule has 16 heavy (non-hydrogen) atoms. The van der Waals surface area contributed by atoms with Crippen molar-refractivity contribution in [1.29, 1.82) is 0 Å². The lowest BCUT2D eigenvalue weighted by Gasteiger charge is -2.23. The number of benzene rings is 1. The summed E-state index contributed by atoms with van der Waals surface area (Å²) in [5.74, 6) is 0. The Morgan fingerprint density at radius 1 is 1.25 bits per heavy atom. The summed E-state index contributed by atoms with van der Waals surface area (Å²) in [6.07, 6.45) is 5.23. The lowest BCUT2D eigenvalue weighted by molar-refractivity contribution is 0.389. The van der Waals surface area contributed by atoms with E-state index in [0.29, 0.717) is 6.04 Å². The molecular weight excluding hydrogens is 220 g/mol. The van der Waals surface area contributed by atoms with Crippen molar-refractivity contribution >= 4 is 17.3 Å². The van der Waals surface area contributed by atoms with Gasteiger partial charge in [-0.3, -0.25) is 0 Å². The van der Waals surface area contributed by atoms with Crippen LogP contribution in [-0.2, 0) is 0 Å². The van der Waals surface area contributed by atoms with Gasteiger partial charge in [0, 0.05) is 23.3 Å². The van der Waals surface area contributed by atoms with Crippen LogP contribution in [0.3, 0.4) is 0 Å². The molecule has 1 aromatic carbocycles. The molecule has 0 aliphatic carbocycles. The molecule has 2 nitrogen and oxygen atoms in total. The van der Waals surface area contributed by atoms with Crippen molar-refractivity contribution in [2.75, 3.05) is 18.4 Å². The highest BCUT2D eigenvalue weighted by molar-refractivity contribution is 6.30. The smallest absolute Gasteiger partial charge is 0.0407 e. The highest BCUT2D eigenvalue weighted by Crippen LogP contribution is 2.14. The average molecular weight is 239 g/mol. The first-order valence-electron chi connectivity index (χ1n) is 6.07. The SMILES string of the molecule is Clc1ccc(NCCC2CCCCN2)cc1. The summed E-state index contributed by atoms with van der Waals surface area (Å²) < 4.78 is 0. The Balaban J connectivity index is 1.69. The minimum Gasteiger partial charge on any atom is -0.385 e. The van der Waals surface area contributed by atoms with Crippen LogP contribution in [0.4, 0.5) is 5.69 Å². The minimum atomic E-state index is 0.702. The maximum atomic E-state index is 5.83. The number of hydrogen-bond donors (Lipinski definition) is 2. The molecule has 0 saturated carbocycles. The lowest BCUT2D eigenvalue weighted by atomic mass is 10.0. The molecule has 1 aliphatic rings. The standard InChI is InChI=1S/C13H19ClN2/c14-11-4-6-13(7-5-11)16-10-8-12-3-1-2-9-15-12/h4-7,12,15-16H,1-3,8-10H2. The zero-order valence-corrected chi connectivity index (χ0v) is 10.3. The van der Waals surface area contributed by atoms with Crippen molar-refractivity contribution < 1.29 is 0 Å². The van der Waals surface area contributed by atoms with Gasteiger partial charge in [0.05, 0.1) is 0 Å². The van der Waals surface area contributed by atoms with Gasteiger partial charge >= 0.3 is 0 Å². The third-order valence-corrected chi connectivity index (χ3v) is 3.33. The number of nitrogens with one attached hydrogen (secondary N) is 2. The number of rotatable bonds is 4. The van der Waals surface area contributed by atoms with Crippen LogP contribution in [0.25, 0.3) is 0 Å². The zero-order chi connectivity index (χ0) is 11.2. The fraction of sp³-hybridized carbons (Fsp3) is 0.538. The molecule has 0 aromatic heterocycles. The van der Waals surface area contributed by atoms with E-state index in [2.05, 4.69) is 10.6 Å². The van der Waals surface area contributed by atoms with Crippen molar-refractivity contribution in [3.05, 3.63) is 29.3 Å². The first kappa shape index (κ1) is 11.7. The largest absolute Gasteiger partial charge is 0.385 e. The maximum absolute atomic E-state index is 5.83. The second kappa shape index (κ2) is 6.12. The van der Waals surface area contributed by atoms with Gasteiger partial charge < -0.3 is 10.6 Å². The third-order valence-electron chi connectivity index (χ3n) is 3.08. The van der Waals surface area contributed by atoms with Gasteiger partial charge in [-0.05, 0) is 50.1 Å². The summed E-state index contributed by atoms with van der Waals surface area (Å²) in [5, 5.41) is 7.77. The quantitative estimate of drug-likeness (QED) is 0.841. The molecule has 2 N–H and O–H groups in total. The Kier molecular flexibility index (Phi) is 4.49. The first-order chi connectivity index (χ1) is 7.84. The molecule has 2 rings (SSSR count). The van der Waals surface area contributed by atoms with Crippen molar-refractivity contribution in [2.24, 2.45) is 0 Å². The van der Waals surface area contributed by atoms with E-state index in [1.165, 1.54) is 32.2 Å². The van der Waals surface area contributed by atoms with Gasteiger partial charge in [-0.1, -0.05) is 18.0 Å². The molecule has 0 amide bonds. The highest BCUT2D eigenvalue weighted by atomic mass is 35.5. The van der Waals surface area contributed by atoms with Crippen molar-refractivity contribution in [3.8, 4) is 0 Å². The van der Waals surface area contributed by atoms with Gasteiger partial charge in [0.1, 0.15) is 0 Å². The van der Waals surface area contributed by atoms with E-state index in [-0.39, 0.29) is 0 Å². The molecule has 3 heteroatoms. The van der Waals surface area contributed by atoms with E-state index in [1.54, 1.807) is 0 Å². The first-order valence-corrected chi connectivity index (χ1v) is 6.45. The van der Waals surface area contributed by atoms with Crippen LogP contribution in [0.15, 0.2) is 24.3 Å². The Hall–Kier alpha value is -0.730. The van der Waals surface area contributed by atoms with E-state index in [0.717, 1.165) is 17.3 Å². The van der Waals surface area contributed by atoms with Gasteiger partial charge in [-0.25, -0.2) is 0 Å². The van der Waals surface area contributed by atoms with Gasteiger partial charge in [0.2, 0.25) is 0 Å². The van der Waals surface area contributed by atoms with E-state index in [9.17, 15) is 0 Å². The molecule has 0 spiro atoms. The molecule has 88 valence electrons. The molecule has 1 saturated heterocycles. The Bertz CT molecular complexity index is 304. The molecule has 0 radical (unpaired) electrons. The molecule has 1 aliphatic heterocycles. The van der Waals surface area contributed by atoms with E-state index < -0.39 is 0 Å². The van der Waals surface area contributed by atoms with E-state index in [1.807, 2.05) is 24.3 Å². The molecule has 1 heterocycles. The molecule has 1 aromatic rings. The molecule has 1 unspecified atom stereocenters. The topological polar surface area (TPSA) is 24.1 Å². The number of piperidine rings is 1. The Labute approximate surface area is 102 Å². The van der Waals surface area contributed by atoms with Gasteiger partial charge in [0.15, 0.2) is 0 Å². The van der Waals surface area contributed by atoms with Crippen LogP contribution < -0.4 is 10.6 Å². The normalized spacial score (nSPS) is 20.7. The van der Waals surface area contributed by atoms with E-state index >= 15 is 0 Å². The van der Waals surface area contributed by atoms with Crippen molar-refractivity contribution in [2.45, 2.75) is 31.7 Å². The summed E-state index contributed by atoms with van der Waals surface area (Å²) in [6, 6.07) is 8.59. The number of hydrogen-bond acceptors (Lipinski definition) is 2. The van der Waals surface area contributed by atoms with Gasteiger partial charge in [-0.15, -0.1) is 0 Å². The van der Waals surface area contributed by atoms with Crippen LogP contribution in [-0.4, -0.2) is 19.1 Å². The minimum absolute atomic E-state index is 0.702. The van der Waals surface area contributed by atoms with Crippen LogP contribution in [0.2, 0.25) is 5.02 Å². The summed E-state index contributed by atoms with van der Waals surface area (Å²) >= 11 is 5.83. The summed E-state index contributed by atoms with van der Waals surface area (Å²) in [7, 11) is 0. The van der Waals surface area contributed by atoms with Crippen LogP contribution in [0, 0.1) is 0 Å². The van der Waals surface area contributed by atoms with Crippen LogP contribution in [0.5, 0.6) is 0 Å². The monoisotopic (exact) mass is 238 g/mol. The number of anilines is 1.